The summed E-state index contributed by atoms with van der Waals surface area (Å²) in [4.78, 5) is 24.8. The van der Waals surface area contributed by atoms with Crippen LogP contribution in [0.4, 0.5) is 4.79 Å². The topological polar surface area (TPSA) is 75.4 Å². The largest absolute Gasteiger partial charge is 0.352 e. The Hall–Kier alpha value is -1.75. The molecule has 6 heteroatoms. The zero-order valence-electron chi connectivity index (χ0n) is 11.1. The maximum atomic E-state index is 12.1. The van der Waals surface area contributed by atoms with Crippen LogP contribution in [-0.4, -0.2) is 29.9 Å². The molecule has 3 N–H and O–H groups in total. The van der Waals surface area contributed by atoms with Crippen molar-refractivity contribution in [2.75, 3.05) is 13.1 Å². The number of piperidine rings is 1. The molecule has 1 aliphatic heterocycles. The minimum absolute atomic E-state index is 0.0454. The SMILES string of the molecule is NC(=O)N1CCC[C@@H](C(=O)NCc2cccc(Cl)c2)C1. The Kier molecular flexibility index (Phi) is 4.84. The molecular formula is C14H18ClN3O2. The second-order valence-electron chi connectivity index (χ2n) is 4.97. The fraction of sp³-hybridized carbons (Fsp3) is 0.429. The van der Waals surface area contributed by atoms with Gasteiger partial charge in [0.15, 0.2) is 0 Å². The average molecular weight is 296 g/mol. The molecule has 1 aromatic rings. The van der Waals surface area contributed by atoms with Gasteiger partial charge in [0, 0.05) is 24.7 Å². The third kappa shape index (κ3) is 3.87. The van der Waals surface area contributed by atoms with Gasteiger partial charge in [-0.25, -0.2) is 4.79 Å². The average Bonchev–Trinajstić information content (AvgIpc) is 2.45. The normalized spacial score (nSPS) is 18.6. The predicted molar refractivity (Wildman–Crippen MR) is 77.2 cm³/mol. The zero-order chi connectivity index (χ0) is 14.5. The Morgan fingerprint density at radius 1 is 1.45 bits per heavy atom. The van der Waals surface area contributed by atoms with E-state index < -0.39 is 6.03 Å². The van der Waals surface area contributed by atoms with Crippen molar-refractivity contribution in [2.45, 2.75) is 19.4 Å². The van der Waals surface area contributed by atoms with E-state index in [1.807, 2.05) is 18.2 Å². The summed E-state index contributed by atoms with van der Waals surface area (Å²) < 4.78 is 0. The van der Waals surface area contributed by atoms with Gasteiger partial charge < -0.3 is 16.0 Å². The van der Waals surface area contributed by atoms with Gasteiger partial charge in [-0.3, -0.25) is 4.79 Å². The summed E-state index contributed by atoms with van der Waals surface area (Å²) in [6, 6.07) is 6.90. The van der Waals surface area contributed by atoms with E-state index in [-0.39, 0.29) is 11.8 Å². The van der Waals surface area contributed by atoms with E-state index in [4.69, 9.17) is 17.3 Å². The van der Waals surface area contributed by atoms with E-state index in [2.05, 4.69) is 5.32 Å². The van der Waals surface area contributed by atoms with Crippen LogP contribution in [0.5, 0.6) is 0 Å². The van der Waals surface area contributed by atoms with Crippen molar-refractivity contribution in [3.05, 3.63) is 34.9 Å². The number of urea groups is 1. The molecule has 1 aromatic carbocycles. The number of likely N-dealkylation sites (tertiary alicyclic amines) is 1. The Morgan fingerprint density at radius 2 is 2.25 bits per heavy atom. The first-order chi connectivity index (χ1) is 9.56. The van der Waals surface area contributed by atoms with Gasteiger partial charge in [-0.15, -0.1) is 0 Å². The number of benzene rings is 1. The number of hydrogen-bond donors (Lipinski definition) is 2. The Morgan fingerprint density at radius 3 is 2.95 bits per heavy atom. The summed E-state index contributed by atoms with van der Waals surface area (Å²) in [7, 11) is 0. The number of hydrogen-bond acceptors (Lipinski definition) is 2. The van der Waals surface area contributed by atoms with Crippen LogP contribution in [0.1, 0.15) is 18.4 Å². The van der Waals surface area contributed by atoms with Crippen molar-refractivity contribution in [1.82, 2.24) is 10.2 Å². The minimum Gasteiger partial charge on any atom is -0.352 e. The first kappa shape index (κ1) is 14.7. The fourth-order valence-corrected chi connectivity index (χ4v) is 2.58. The monoisotopic (exact) mass is 295 g/mol. The molecule has 1 saturated heterocycles. The van der Waals surface area contributed by atoms with Crippen molar-refractivity contribution in [3.63, 3.8) is 0 Å². The van der Waals surface area contributed by atoms with Gasteiger partial charge in [0.1, 0.15) is 0 Å². The molecule has 1 heterocycles. The van der Waals surface area contributed by atoms with E-state index in [0.29, 0.717) is 24.7 Å². The molecule has 1 fully saturated rings. The second-order valence-corrected chi connectivity index (χ2v) is 5.41. The van der Waals surface area contributed by atoms with Crippen LogP contribution in [-0.2, 0) is 11.3 Å². The maximum Gasteiger partial charge on any atom is 0.314 e. The molecule has 5 nitrogen and oxygen atoms in total. The molecule has 0 aromatic heterocycles. The summed E-state index contributed by atoms with van der Waals surface area (Å²) in [5.41, 5.74) is 6.20. The third-order valence-corrected chi connectivity index (χ3v) is 3.69. The fourth-order valence-electron chi connectivity index (χ4n) is 2.37. The number of primary amides is 1. The molecule has 0 saturated carbocycles. The molecule has 0 unspecified atom stereocenters. The first-order valence-electron chi connectivity index (χ1n) is 6.63. The van der Waals surface area contributed by atoms with Gasteiger partial charge in [0.05, 0.1) is 5.92 Å². The molecule has 20 heavy (non-hydrogen) atoms. The maximum absolute atomic E-state index is 12.1. The number of carbonyl (C=O) groups is 2. The van der Waals surface area contributed by atoms with Gasteiger partial charge >= 0.3 is 6.03 Å². The van der Waals surface area contributed by atoms with Crippen LogP contribution in [0.3, 0.4) is 0 Å². The molecule has 1 aliphatic rings. The Bertz CT molecular complexity index is 507. The summed E-state index contributed by atoms with van der Waals surface area (Å²) in [6.45, 7) is 1.47. The van der Waals surface area contributed by atoms with Crippen LogP contribution in [0, 0.1) is 5.92 Å². The lowest BCUT2D eigenvalue weighted by atomic mass is 9.97. The van der Waals surface area contributed by atoms with Crippen molar-refractivity contribution >= 4 is 23.5 Å². The van der Waals surface area contributed by atoms with E-state index in [1.165, 1.54) is 4.90 Å². The molecule has 0 bridgehead atoms. The quantitative estimate of drug-likeness (QED) is 0.891. The number of rotatable bonds is 3. The highest BCUT2D eigenvalue weighted by Crippen LogP contribution is 2.17. The molecular weight excluding hydrogens is 278 g/mol. The standard InChI is InChI=1S/C14H18ClN3O2/c15-12-5-1-3-10(7-12)8-17-13(19)11-4-2-6-18(9-11)14(16)20/h1,3,5,7,11H,2,4,6,8-9H2,(H2,16,20)(H,17,19)/t11-/m1/s1. The lowest BCUT2D eigenvalue weighted by Gasteiger charge is -2.30. The lowest BCUT2D eigenvalue weighted by Crippen LogP contribution is -2.47. The number of halogens is 1. The third-order valence-electron chi connectivity index (χ3n) is 3.46. The number of nitrogens with zero attached hydrogens (tertiary/aromatic N) is 1. The van der Waals surface area contributed by atoms with Crippen molar-refractivity contribution in [1.29, 1.82) is 0 Å². The van der Waals surface area contributed by atoms with Crippen LogP contribution in [0.2, 0.25) is 5.02 Å². The summed E-state index contributed by atoms with van der Waals surface area (Å²) in [5.74, 6) is -0.230. The van der Waals surface area contributed by atoms with E-state index in [0.717, 1.165) is 18.4 Å². The van der Waals surface area contributed by atoms with Gasteiger partial charge in [-0.1, -0.05) is 23.7 Å². The van der Waals surface area contributed by atoms with E-state index in [9.17, 15) is 9.59 Å². The zero-order valence-corrected chi connectivity index (χ0v) is 11.9. The highest BCUT2D eigenvalue weighted by atomic mass is 35.5. The summed E-state index contributed by atoms with van der Waals surface area (Å²) in [5, 5.41) is 3.53. The van der Waals surface area contributed by atoms with Crippen LogP contribution in [0.25, 0.3) is 0 Å². The number of nitrogens with two attached hydrogens (primary N) is 1. The molecule has 0 radical (unpaired) electrons. The molecule has 108 valence electrons. The van der Waals surface area contributed by atoms with E-state index >= 15 is 0 Å². The van der Waals surface area contributed by atoms with Crippen molar-refractivity contribution in [2.24, 2.45) is 11.7 Å². The molecule has 2 rings (SSSR count). The molecule has 1 atom stereocenters. The minimum atomic E-state index is -0.461. The van der Waals surface area contributed by atoms with Crippen molar-refractivity contribution < 1.29 is 9.59 Å². The summed E-state index contributed by atoms with van der Waals surface area (Å²) in [6.07, 6.45) is 1.59. The summed E-state index contributed by atoms with van der Waals surface area (Å²) >= 11 is 5.89. The number of amides is 3. The first-order valence-corrected chi connectivity index (χ1v) is 7.00. The van der Waals surface area contributed by atoms with E-state index in [1.54, 1.807) is 6.07 Å². The van der Waals surface area contributed by atoms with Gasteiger partial charge in [0.25, 0.3) is 0 Å². The second kappa shape index (κ2) is 6.61. The Labute approximate surface area is 123 Å². The highest BCUT2D eigenvalue weighted by molar-refractivity contribution is 6.30. The lowest BCUT2D eigenvalue weighted by molar-refractivity contribution is -0.126. The Balaban J connectivity index is 1.87. The predicted octanol–water partition coefficient (Wildman–Crippen LogP) is 1.75. The molecule has 0 aliphatic carbocycles. The van der Waals surface area contributed by atoms with Gasteiger partial charge in [-0.05, 0) is 30.5 Å². The molecule has 3 amide bonds. The number of carbonyl (C=O) groups excluding carboxylic acids is 2. The van der Waals surface area contributed by atoms with Gasteiger partial charge in [-0.2, -0.15) is 0 Å². The smallest absolute Gasteiger partial charge is 0.314 e. The van der Waals surface area contributed by atoms with Crippen LogP contribution in [0.15, 0.2) is 24.3 Å². The van der Waals surface area contributed by atoms with Gasteiger partial charge in [0.2, 0.25) is 5.91 Å². The van der Waals surface area contributed by atoms with Crippen LogP contribution >= 0.6 is 11.6 Å². The van der Waals surface area contributed by atoms with Crippen molar-refractivity contribution in [3.8, 4) is 0 Å². The highest BCUT2D eigenvalue weighted by Gasteiger charge is 2.27. The molecule has 0 spiro atoms. The van der Waals surface area contributed by atoms with Crippen LogP contribution < -0.4 is 11.1 Å². The number of nitrogens with one attached hydrogen (secondary N) is 1.